The third-order valence-corrected chi connectivity index (χ3v) is 9.26. The summed E-state index contributed by atoms with van der Waals surface area (Å²) in [5.74, 6) is 1.10. The average molecular weight is 335 g/mol. The summed E-state index contributed by atoms with van der Waals surface area (Å²) in [6.07, 6.45) is 10.1. The molecule has 0 aromatic rings. The van der Waals surface area contributed by atoms with E-state index in [0.29, 0.717) is 17.3 Å². The highest BCUT2D eigenvalue weighted by atomic mass is 16.5. The van der Waals surface area contributed by atoms with E-state index in [1.54, 1.807) is 7.11 Å². The monoisotopic (exact) mass is 334 g/mol. The molecule has 0 unspecified atom stereocenters. The third-order valence-electron chi connectivity index (χ3n) is 9.26. The highest BCUT2D eigenvalue weighted by Gasteiger charge is 2.68. The van der Waals surface area contributed by atoms with Gasteiger partial charge in [-0.2, -0.15) is 0 Å². The summed E-state index contributed by atoms with van der Waals surface area (Å²) in [5, 5.41) is 10.7. The number of hydrogen-bond acceptors (Lipinski definition) is 3. The molecule has 0 aromatic heterocycles. The average Bonchev–Trinajstić information content (AvgIpc) is 2.70. The molecule has 4 saturated carbocycles. The second kappa shape index (κ2) is 4.99. The second-order valence-electron chi connectivity index (χ2n) is 10.4. The van der Waals surface area contributed by atoms with Crippen LogP contribution in [0, 0.1) is 33.5 Å². The van der Waals surface area contributed by atoms with E-state index in [4.69, 9.17) is 4.74 Å². The van der Waals surface area contributed by atoms with Crippen LogP contribution in [0.3, 0.4) is 0 Å². The molecule has 0 radical (unpaired) electrons. The molecule has 4 aliphatic carbocycles. The van der Waals surface area contributed by atoms with Crippen LogP contribution >= 0.6 is 0 Å². The van der Waals surface area contributed by atoms with Gasteiger partial charge >= 0.3 is 5.97 Å². The number of fused-ring (bicyclic) bond motifs is 3. The van der Waals surface area contributed by atoms with Gasteiger partial charge in [-0.1, -0.05) is 20.3 Å². The molecule has 24 heavy (non-hydrogen) atoms. The SMILES string of the molecule is COC(=O)[C@]1(C)CCC[C@@]2(C)[C@@H]3CC[C@@]4(C)C[C@]3(CC[C@@H]21)C[C@H]4O. The lowest BCUT2D eigenvalue weighted by Gasteiger charge is -2.64. The zero-order chi connectivity index (χ0) is 17.4. The van der Waals surface area contributed by atoms with Gasteiger partial charge < -0.3 is 9.84 Å². The highest BCUT2D eigenvalue weighted by molar-refractivity contribution is 5.77. The minimum absolute atomic E-state index is 0.00137. The molecule has 0 heterocycles. The van der Waals surface area contributed by atoms with Gasteiger partial charge in [0.2, 0.25) is 0 Å². The van der Waals surface area contributed by atoms with Gasteiger partial charge in [-0.25, -0.2) is 0 Å². The van der Waals surface area contributed by atoms with Gasteiger partial charge in [0.05, 0.1) is 18.6 Å². The van der Waals surface area contributed by atoms with Gasteiger partial charge in [-0.15, -0.1) is 0 Å². The van der Waals surface area contributed by atoms with Crippen LogP contribution in [0.4, 0.5) is 0 Å². The summed E-state index contributed by atoms with van der Waals surface area (Å²) in [7, 11) is 1.54. The lowest BCUT2D eigenvalue weighted by atomic mass is 9.40. The van der Waals surface area contributed by atoms with Crippen LogP contribution < -0.4 is 0 Å². The van der Waals surface area contributed by atoms with E-state index in [1.807, 2.05) is 0 Å². The Labute approximate surface area is 146 Å². The van der Waals surface area contributed by atoms with Crippen LogP contribution in [0.2, 0.25) is 0 Å². The molecular formula is C21H34O3. The van der Waals surface area contributed by atoms with E-state index in [0.717, 1.165) is 32.1 Å². The summed E-state index contributed by atoms with van der Waals surface area (Å²) < 4.78 is 5.24. The zero-order valence-corrected chi connectivity index (χ0v) is 15.9. The summed E-state index contributed by atoms with van der Waals surface area (Å²) in [6, 6.07) is 0. The van der Waals surface area contributed by atoms with Crippen LogP contribution in [-0.4, -0.2) is 24.3 Å². The highest BCUT2D eigenvalue weighted by Crippen LogP contribution is 2.73. The van der Waals surface area contributed by atoms with E-state index in [-0.39, 0.29) is 28.3 Å². The van der Waals surface area contributed by atoms with Crippen molar-refractivity contribution in [2.24, 2.45) is 33.5 Å². The molecule has 1 spiro atoms. The van der Waals surface area contributed by atoms with Gasteiger partial charge in [-0.3, -0.25) is 4.79 Å². The molecule has 0 saturated heterocycles. The normalized spacial score (nSPS) is 56.3. The first kappa shape index (κ1) is 16.9. The maximum absolute atomic E-state index is 12.6. The number of hydrogen-bond donors (Lipinski definition) is 1. The number of methoxy groups -OCH3 is 1. The van der Waals surface area contributed by atoms with Crippen molar-refractivity contribution >= 4 is 5.97 Å². The van der Waals surface area contributed by atoms with Crippen LogP contribution in [0.5, 0.6) is 0 Å². The van der Waals surface area contributed by atoms with Crippen molar-refractivity contribution in [1.82, 2.24) is 0 Å². The van der Waals surface area contributed by atoms with Crippen molar-refractivity contribution in [3.8, 4) is 0 Å². The van der Waals surface area contributed by atoms with Crippen LogP contribution in [0.25, 0.3) is 0 Å². The molecule has 4 rings (SSSR count). The summed E-state index contributed by atoms with van der Waals surface area (Å²) in [4.78, 5) is 12.6. The van der Waals surface area contributed by atoms with E-state index in [1.165, 1.54) is 25.7 Å². The maximum Gasteiger partial charge on any atom is 0.311 e. The fraction of sp³-hybridized carbons (Fsp3) is 0.952. The van der Waals surface area contributed by atoms with Crippen molar-refractivity contribution in [3.63, 3.8) is 0 Å². The van der Waals surface area contributed by atoms with Crippen LogP contribution in [-0.2, 0) is 9.53 Å². The molecule has 1 N–H and O–H groups in total. The summed E-state index contributed by atoms with van der Waals surface area (Å²) in [5.41, 5.74) is 0.373. The molecule has 3 heteroatoms. The van der Waals surface area contributed by atoms with Gasteiger partial charge in [-0.05, 0) is 86.4 Å². The van der Waals surface area contributed by atoms with E-state index in [2.05, 4.69) is 20.8 Å². The molecule has 2 bridgehead atoms. The molecule has 0 amide bonds. The second-order valence-corrected chi connectivity index (χ2v) is 10.4. The van der Waals surface area contributed by atoms with E-state index >= 15 is 0 Å². The largest absolute Gasteiger partial charge is 0.469 e. The number of aliphatic hydroxyl groups is 1. The van der Waals surface area contributed by atoms with Gasteiger partial charge in [0, 0.05) is 0 Å². The third kappa shape index (κ3) is 1.91. The van der Waals surface area contributed by atoms with Crippen molar-refractivity contribution in [1.29, 1.82) is 0 Å². The van der Waals surface area contributed by atoms with Crippen LogP contribution in [0.15, 0.2) is 0 Å². The maximum atomic E-state index is 12.6. The summed E-state index contributed by atoms with van der Waals surface area (Å²) >= 11 is 0. The smallest absolute Gasteiger partial charge is 0.311 e. The standard InChI is InChI=1S/C21H34O3/c1-18-10-6-15-19(2)8-5-9-20(3,17(23)24-4)14(19)7-11-21(15,13-18)12-16(18)22/h14-16,22H,5-13H2,1-4H3/t14-,15-,16+,18-,19+,20+,21-/m0/s1. The number of esters is 1. The molecule has 0 aromatic carbocycles. The Morgan fingerprint density at radius 2 is 1.75 bits per heavy atom. The Bertz CT molecular complexity index is 559. The fourth-order valence-corrected chi connectivity index (χ4v) is 8.21. The quantitative estimate of drug-likeness (QED) is 0.726. The fourth-order valence-electron chi connectivity index (χ4n) is 8.21. The first-order valence-corrected chi connectivity index (χ1v) is 9.97. The predicted octanol–water partition coefficient (Wildman–Crippen LogP) is 4.32. The number of carbonyl (C=O) groups is 1. The minimum Gasteiger partial charge on any atom is -0.469 e. The van der Waals surface area contributed by atoms with Crippen molar-refractivity contribution in [2.75, 3.05) is 7.11 Å². The number of rotatable bonds is 1. The van der Waals surface area contributed by atoms with Crippen LogP contribution in [0.1, 0.15) is 78.6 Å². The predicted molar refractivity (Wildman–Crippen MR) is 93.3 cm³/mol. The van der Waals surface area contributed by atoms with Crippen molar-refractivity contribution in [2.45, 2.75) is 84.7 Å². The van der Waals surface area contributed by atoms with Gasteiger partial charge in [0.1, 0.15) is 0 Å². The van der Waals surface area contributed by atoms with E-state index in [9.17, 15) is 9.90 Å². The zero-order valence-electron chi connectivity index (χ0n) is 15.9. The Kier molecular flexibility index (Phi) is 3.51. The molecule has 4 aliphatic rings. The molecule has 7 atom stereocenters. The van der Waals surface area contributed by atoms with E-state index < -0.39 is 0 Å². The molecule has 4 fully saturated rings. The number of aliphatic hydroxyl groups excluding tert-OH is 1. The lowest BCUT2D eigenvalue weighted by Crippen LogP contribution is -2.58. The number of carbonyl (C=O) groups excluding carboxylic acids is 1. The van der Waals surface area contributed by atoms with Crippen molar-refractivity contribution in [3.05, 3.63) is 0 Å². The topological polar surface area (TPSA) is 46.5 Å². The minimum atomic E-state index is -0.318. The Balaban J connectivity index is 1.72. The molecule has 3 nitrogen and oxygen atoms in total. The first-order valence-electron chi connectivity index (χ1n) is 9.97. The van der Waals surface area contributed by atoms with Gasteiger partial charge in [0.15, 0.2) is 0 Å². The Hall–Kier alpha value is -0.570. The molecule has 0 aliphatic heterocycles. The Morgan fingerprint density at radius 3 is 2.46 bits per heavy atom. The summed E-state index contributed by atoms with van der Waals surface area (Å²) in [6.45, 7) is 6.93. The Morgan fingerprint density at radius 1 is 1.04 bits per heavy atom. The lowest BCUT2D eigenvalue weighted by molar-refractivity contribution is -0.185. The number of ether oxygens (including phenoxy) is 1. The molecule has 136 valence electrons. The first-order chi connectivity index (χ1) is 11.2. The molecular weight excluding hydrogens is 300 g/mol. The van der Waals surface area contributed by atoms with Crippen molar-refractivity contribution < 1.29 is 14.6 Å². The van der Waals surface area contributed by atoms with Gasteiger partial charge in [0.25, 0.3) is 0 Å².